The van der Waals surface area contributed by atoms with Gasteiger partial charge in [0.2, 0.25) is 5.91 Å². The van der Waals surface area contributed by atoms with Crippen molar-refractivity contribution in [3.8, 4) is 0 Å². The van der Waals surface area contributed by atoms with Crippen molar-refractivity contribution >= 4 is 23.5 Å². The highest BCUT2D eigenvalue weighted by Crippen LogP contribution is 2.48. The highest BCUT2D eigenvalue weighted by molar-refractivity contribution is 6.29. The van der Waals surface area contributed by atoms with Gasteiger partial charge in [0.1, 0.15) is 0 Å². The molecule has 0 radical (unpaired) electrons. The summed E-state index contributed by atoms with van der Waals surface area (Å²) in [5.41, 5.74) is 0. The van der Waals surface area contributed by atoms with Crippen molar-refractivity contribution in [3.63, 3.8) is 0 Å². The van der Waals surface area contributed by atoms with Gasteiger partial charge in [-0.1, -0.05) is 30.3 Å². The van der Waals surface area contributed by atoms with Crippen LogP contribution in [0.5, 0.6) is 0 Å². The van der Waals surface area contributed by atoms with Crippen molar-refractivity contribution in [2.45, 2.75) is 6.42 Å². The molecule has 4 nitrogen and oxygen atoms in total. The molecule has 0 aliphatic heterocycles. The number of carboxylic acids is 1. The van der Waals surface area contributed by atoms with Gasteiger partial charge in [0, 0.05) is 5.03 Å². The number of carbonyl (C=O) groups excluding carboxylic acids is 1. The number of fused-ring (bicyclic) bond motifs is 2. The quantitative estimate of drug-likeness (QED) is 0.746. The lowest BCUT2D eigenvalue weighted by molar-refractivity contribution is -0.147. The first-order valence-corrected chi connectivity index (χ1v) is 5.90. The summed E-state index contributed by atoms with van der Waals surface area (Å²) >= 11 is 5.57. The molecule has 0 aromatic heterocycles. The number of allylic oxidation sites excluding steroid dienone is 2. The van der Waals surface area contributed by atoms with Gasteiger partial charge in [-0.05, 0) is 18.3 Å². The molecule has 2 bridgehead atoms. The number of aliphatic carboxylic acids is 1. The van der Waals surface area contributed by atoms with E-state index in [2.05, 4.69) is 11.9 Å². The molecular weight excluding hydrogens is 242 g/mol. The van der Waals surface area contributed by atoms with E-state index >= 15 is 0 Å². The van der Waals surface area contributed by atoms with Gasteiger partial charge in [-0.25, -0.2) is 0 Å². The molecule has 1 amide bonds. The fourth-order valence-electron chi connectivity index (χ4n) is 2.82. The van der Waals surface area contributed by atoms with E-state index < -0.39 is 17.8 Å². The molecule has 0 heterocycles. The fourth-order valence-corrected chi connectivity index (χ4v) is 2.88. The van der Waals surface area contributed by atoms with Crippen LogP contribution in [0.3, 0.4) is 0 Å². The van der Waals surface area contributed by atoms with E-state index in [9.17, 15) is 14.7 Å². The predicted molar refractivity (Wildman–Crippen MR) is 63.4 cm³/mol. The molecule has 2 rings (SSSR count). The largest absolute Gasteiger partial charge is 0.481 e. The van der Waals surface area contributed by atoms with Crippen LogP contribution in [0.1, 0.15) is 6.42 Å². The second-order valence-corrected chi connectivity index (χ2v) is 5.11. The van der Waals surface area contributed by atoms with Crippen LogP contribution >= 0.6 is 11.6 Å². The molecule has 17 heavy (non-hydrogen) atoms. The van der Waals surface area contributed by atoms with Crippen LogP contribution in [0.15, 0.2) is 23.8 Å². The van der Waals surface area contributed by atoms with Crippen molar-refractivity contribution in [2.75, 3.05) is 6.54 Å². The molecule has 2 aliphatic rings. The average Bonchev–Trinajstić information content (AvgIpc) is 2.84. The number of hydrogen-bond donors (Lipinski definition) is 2. The molecule has 1 saturated carbocycles. The third-order valence-electron chi connectivity index (χ3n) is 3.50. The molecule has 0 aromatic carbocycles. The molecule has 0 spiro atoms. The van der Waals surface area contributed by atoms with Crippen molar-refractivity contribution in [3.05, 3.63) is 23.8 Å². The summed E-state index contributed by atoms with van der Waals surface area (Å²) in [5, 5.41) is 12.1. The fraction of sp³-hybridized carbons (Fsp3) is 0.500. The predicted octanol–water partition coefficient (Wildman–Crippen LogP) is 1.38. The zero-order valence-corrected chi connectivity index (χ0v) is 9.98. The van der Waals surface area contributed by atoms with Crippen LogP contribution < -0.4 is 5.32 Å². The number of amides is 1. The maximum Gasteiger partial charge on any atom is 0.307 e. The van der Waals surface area contributed by atoms with Crippen LogP contribution in [0.2, 0.25) is 0 Å². The Balaban J connectivity index is 2.08. The van der Waals surface area contributed by atoms with Gasteiger partial charge in [0.25, 0.3) is 0 Å². The van der Waals surface area contributed by atoms with Crippen molar-refractivity contribution in [1.82, 2.24) is 5.32 Å². The van der Waals surface area contributed by atoms with Crippen molar-refractivity contribution in [1.29, 1.82) is 0 Å². The van der Waals surface area contributed by atoms with Gasteiger partial charge < -0.3 is 10.4 Å². The topological polar surface area (TPSA) is 66.4 Å². The third kappa shape index (κ3) is 2.22. The number of carbonyl (C=O) groups is 2. The molecule has 4 unspecified atom stereocenters. The monoisotopic (exact) mass is 255 g/mol. The zero-order valence-electron chi connectivity index (χ0n) is 9.23. The number of rotatable bonds is 4. The molecule has 92 valence electrons. The average molecular weight is 256 g/mol. The Hall–Kier alpha value is -1.29. The van der Waals surface area contributed by atoms with Gasteiger partial charge >= 0.3 is 5.97 Å². The lowest BCUT2D eigenvalue weighted by Gasteiger charge is -2.23. The first kappa shape index (κ1) is 12.2. The zero-order chi connectivity index (χ0) is 12.6. The summed E-state index contributed by atoms with van der Waals surface area (Å²) in [4.78, 5) is 23.1. The minimum absolute atomic E-state index is 0.00699. The van der Waals surface area contributed by atoms with Crippen LogP contribution in [-0.4, -0.2) is 23.5 Å². The molecule has 2 aliphatic carbocycles. The van der Waals surface area contributed by atoms with E-state index in [0.29, 0.717) is 5.03 Å². The Morgan fingerprint density at radius 3 is 2.47 bits per heavy atom. The van der Waals surface area contributed by atoms with Gasteiger partial charge in [-0.3, -0.25) is 9.59 Å². The second kappa shape index (κ2) is 4.53. The number of nitrogens with one attached hydrogen (secondary N) is 1. The second-order valence-electron chi connectivity index (χ2n) is 4.57. The normalized spacial score (nSPS) is 33.7. The number of halogens is 1. The van der Waals surface area contributed by atoms with Gasteiger partial charge in [0.15, 0.2) is 0 Å². The maximum absolute atomic E-state index is 11.9. The van der Waals surface area contributed by atoms with E-state index in [1.165, 1.54) is 0 Å². The first-order valence-electron chi connectivity index (χ1n) is 5.53. The van der Waals surface area contributed by atoms with Crippen LogP contribution in [-0.2, 0) is 9.59 Å². The molecule has 5 heteroatoms. The van der Waals surface area contributed by atoms with E-state index in [4.69, 9.17) is 11.6 Å². The first-order chi connectivity index (χ1) is 8.00. The van der Waals surface area contributed by atoms with Crippen LogP contribution in [0.25, 0.3) is 0 Å². The van der Waals surface area contributed by atoms with Crippen molar-refractivity contribution < 1.29 is 14.7 Å². The Labute approximate surface area is 104 Å². The molecular formula is C12H14ClNO3. The molecule has 0 aromatic rings. The maximum atomic E-state index is 11.9. The van der Waals surface area contributed by atoms with E-state index in [-0.39, 0.29) is 24.3 Å². The summed E-state index contributed by atoms with van der Waals surface area (Å²) in [5.74, 6) is -2.17. The Bertz CT molecular complexity index is 405. The summed E-state index contributed by atoms with van der Waals surface area (Å²) in [6, 6.07) is 0. The minimum atomic E-state index is -0.897. The van der Waals surface area contributed by atoms with Crippen LogP contribution in [0, 0.1) is 23.7 Å². The molecule has 1 fully saturated rings. The molecule has 0 saturated heterocycles. The lowest BCUT2D eigenvalue weighted by Crippen LogP contribution is -2.40. The third-order valence-corrected chi connectivity index (χ3v) is 3.64. The van der Waals surface area contributed by atoms with Gasteiger partial charge in [-0.2, -0.15) is 0 Å². The Morgan fingerprint density at radius 1 is 1.35 bits per heavy atom. The van der Waals surface area contributed by atoms with Crippen LogP contribution in [0.4, 0.5) is 0 Å². The lowest BCUT2D eigenvalue weighted by atomic mass is 9.82. The molecule has 2 N–H and O–H groups in total. The highest BCUT2D eigenvalue weighted by Gasteiger charge is 2.51. The highest BCUT2D eigenvalue weighted by atomic mass is 35.5. The summed E-state index contributed by atoms with van der Waals surface area (Å²) < 4.78 is 0. The minimum Gasteiger partial charge on any atom is -0.481 e. The summed E-state index contributed by atoms with van der Waals surface area (Å²) in [6.45, 7) is 3.66. The van der Waals surface area contributed by atoms with E-state index in [1.807, 2.05) is 12.2 Å². The Morgan fingerprint density at radius 2 is 1.94 bits per heavy atom. The molecule has 4 atom stereocenters. The summed E-state index contributed by atoms with van der Waals surface area (Å²) in [7, 11) is 0. The summed E-state index contributed by atoms with van der Waals surface area (Å²) in [6.07, 6.45) is 4.62. The van der Waals surface area contributed by atoms with E-state index in [1.54, 1.807) is 0 Å². The van der Waals surface area contributed by atoms with Crippen molar-refractivity contribution in [2.24, 2.45) is 23.7 Å². The standard InChI is InChI=1S/C12H14ClNO3/c1-6(13)5-14-11(15)9-7-2-3-8(4-7)10(9)12(16)17/h2-3,7-10H,1,4-5H2,(H,14,15)(H,16,17). The van der Waals surface area contributed by atoms with Gasteiger partial charge in [0.05, 0.1) is 18.4 Å². The number of carboxylic acid groups (broad SMARTS) is 1. The smallest absolute Gasteiger partial charge is 0.307 e. The Kier molecular flexibility index (Phi) is 3.24. The van der Waals surface area contributed by atoms with Gasteiger partial charge in [-0.15, -0.1) is 0 Å². The van der Waals surface area contributed by atoms with E-state index in [0.717, 1.165) is 6.42 Å². The number of hydrogen-bond acceptors (Lipinski definition) is 2. The SMILES string of the molecule is C=C(Cl)CNC(=O)C1C2C=CC(C2)C1C(=O)O.